The fraction of sp³-hybridized carbons (Fsp3) is 0.611. The molecule has 1 aliphatic rings. The summed E-state index contributed by atoms with van der Waals surface area (Å²) in [5, 5.41) is 17.3. The molecule has 10 nitrogen and oxygen atoms in total. The molecule has 0 aromatic heterocycles. The van der Waals surface area contributed by atoms with Gasteiger partial charge in [0.25, 0.3) is 5.69 Å². The fourth-order valence-electron chi connectivity index (χ4n) is 3.22. The van der Waals surface area contributed by atoms with Crippen LogP contribution >= 0.6 is 24.0 Å². The second kappa shape index (κ2) is 13.0. The van der Waals surface area contributed by atoms with Crippen molar-refractivity contribution in [1.29, 1.82) is 0 Å². The summed E-state index contributed by atoms with van der Waals surface area (Å²) in [5.41, 5.74) is -0.263. The molecule has 30 heavy (non-hydrogen) atoms. The third-order valence-electron chi connectivity index (χ3n) is 4.74. The van der Waals surface area contributed by atoms with E-state index in [0.717, 1.165) is 45.0 Å². The Morgan fingerprint density at radius 1 is 1.30 bits per heavy atom. The van der Waals surface area contributed by atoms with Crippen LogP contribution in [0.2, 0.25) is 0 Å². The van der Waals surface area contributed by atoms with Gasteiger partial charge >= 0.3 is 0 Å². The molecule has 0 saturated carbocycles. The molecule has 0 spiro atoms. The average molecular weight is 554 g/mol. The van der Waals surface area contributed by atoms with E-state index in [1.807, 2.05) is 0 Å². The van der Waals surface area contributed by atoms with E-state index < -0.39 is 14.9 Å². The van der Waals surface area contributed by atoms with Crippen molar-refractivity contribution in [3.05, 3.63) is 34.4 Å². The average Bonchev–Trinajstić information content (AvgIpc) is 2.72. The van der Waals surface area contributed by atoms with E-state index in [-0.39, 0.29) is 41.1 Å². The number of nitro benzene ring substituents is 1. The Labute approximate surface area is 195 Å². The summed E-state index contributed by atoms with van der Waals surface area (Å²) in [6.45, 7) is 5.90. The molecule has 1 aromatic carbocycles. The monoisotopic (exact) mass is 554 g/mol. The normalized spacial score (nSPS) is 16.0. The third-order valence-corrected chi connectivity index (χ3v) is 6.20. The summed E-state index contributed by atoms with van der Waals surface area (Å²) >= 11 is 0. The second-order valence-electron chi connectivity index (χ2n) is 6.91. The number of benzene rings is 1. The molecule has 2 rings (SSSR count). The Bertz CT molecular complexity index is 813. The number of rotatable bonds is 9. The lowest BCUT2D eigenvalue weighted by molar-refractivity contribution is -0.385. The summed E-state index contributed by atoms with van der Waals surface area (Å²) in [5.74, 6) is 0.633. The summed E-state index contributed by atoms with van der Waals surface area (Å²) in [6.07, 6.45) is 3.24. The van der Waals surface area contributed by atoms with Crippen LogP contribution in [0.15, 0.2) is 34.2 Å². The van der Waals surface area contributed by atoms with Crippen molar-refractivity contribution in [2.45, 2.75) is 37.1 Å². The van der Waals surface area contributed by atoms with Gasteiger partial charge in [-0.05, 0) is 31.9 Å². The van der Waals surface area contributed by atoms with Gasteiger partial charge in [0.1, 0.15) is 0 Å². The van der Waals surface area contributed by atoms with E-state index in [4.69, 9.17) is 0 Å². The van der Waals surface area contributed by atoms with Gasteiger partial charge in [0.2, 0.25) is 10.0 Å². The predicted octanol–water partition coefficient (Wildman–Crippen LogP) is 1.53. The highest BCUT2D eigenvalue weighted by molar-refractivity contribution is 14.0. The highest BCUT2D eigenvalue weighted by Crippen LogP contribution is 2.16. The van der Waals surface area contributed by atoms with Crippen LogP contribution in [0.4, 0.5) is 5.69 Å². The second-order valence-corrected chi connectivity index (χ2v) is 8.68. The maximum Gasteiger partial charge on any atom is 0.270 e. The first-order valence-corrected chi connectivity index (χ1v) is 11.3. The number of nitrogens with one attached hydrogen (secondary N) is 3. The lowest BCUT2D eigenvalue weighted by Crippen LogP contribution is -2.49. The third kappa shape index (κ3) is 8.32. The molecule has 0 bridgehead atoms. The zero-order chi connectivity index (χ0) is 21.3. The summed E-state index contributed by atoms with van der Waals surface area (Å²) < 4.78 is 27.1. The van der Waals surface area contributed by atoms with Gasteiger partial charge in [-0.2, -0.15) is 0 Å². The first kappa shape index (κ1) is 26.5. The van der Waals surface area contributed by atoms with Crippen LogP contribution in [0.25, 0.3) is 0 Å². The molecular formula is C18H31IN6O4S. The van der Waals surface area contributed by atoms with E-state index in [9.17, 15) is 18.5 Å². The summed E-state index contributed by atoms with van der Waals surface area (Å²) in [7, 11) is -2.14. The van der Waals surface area contributed by atoms with Gasteiger partial charge in [-0.15, -0.1) is 24.0 Å². The lowest BCUT2D eigenvalue weighted by atomic mass is 10.1. The summed E-state index contributed by atoms with van der Waals surface area (Å²) in [4.78, 5) is 16.7. The molecule has 1 fully saturated rings. The van der Waals surface area contributed by atoms with Crippen molar-refractivity contribution in [1.82, 2.24) is 20.3 Å². The fourth-order valence-corrected chi connectivity index (χ4v) is 4.29. The van der Waals surface area contributed by atoms with E-state index in [2.05, 4.69) is 32.2 Å². The van der Waals surface area contributed by atoms with Crippen molar-refractivity contribution >= 4 is 45.6 Å². The number of guanidine groups is 1. The highest BCUT2D eigenvalue weighted by atomic mass is 127. The van der Waals surface area contributed by atoms with Gasteiger partial charge < -0.3 is 15.5 Å². The predicted molar refractivity (Wildman–Crippen MR) is 128 cm³/mol. The van der Waals surface area contributed by atoms with Crippen molar-refractivity contribution in [2.24, 2.45) is 4.99 Å². The SMILES string of the molecule is CCCN1CCC(NC(=NC)NCCNS(=O)(=O)c2cccc([N+](=O)[O-])c2)CC1.I. The van der Waals surface area contributed by atoms with E-state index in [0.29, 0.717) is 18.5 Å². The molecule has 3 N–H and O–H groups in total. The van der Waals surface area contributed by atoms with Crippen LogP contribution in [-0.4, -0.2) is 70.0 Å². The Morgan fingerprint density at radius 2 is 2.00 bits per heavy atom. The summed E-state index contributed by atoms with van der Waals surface area (Å²) in [6, 6.07) is 5.32. The molecule has 1 saturated heterocycles. The number of nitrogens with zero attached hydrogens (tertiary/aromatic N) is 3. The number of nitro groups is 1. The van der Waals surface area contributed by atoms with Crippen LogP contribution in [-0.2, 0) is 10.0 Å². The van der Waals surface area contributed by atoms with Gasteiger partial charge in [-0.25, -0.2) is 13.1 Å². The van der Waals surface area contributed by atoms with Gasteiger partial charge in [-0.1, -0.05) is 13.0 Å². The molecule has 170 valence electrons. The Morgan fingerprint density at radius 3 is 2.60 bits per heavy atom. The van der Waals surface area contributed by atoms with Crippen molar-refractivity contribution < 1.29 is 13.3 Å². The van der Waals surface area contributed by atoms with Gasteiger partial charge in [0, 0.05) is 51.4 Å². The first-order valence-electron chi connectivity index (χ1n) is 9.79. The smallest absolute Gasteiger partial charge is 0.270 e. The number of piperidine rings is 1. The highest BCUT2D eigenvalue weighted by Gasteiger charge is 2.20. The van der Waals surface area contributed by atoms with Crippen molar-refractivity contribution in [2.75, 3.05) is 39.8 Å². The van der Waals surface area contributed by atoms with E-state index in [1.165, 1.54) is 18.2 Å². The van der Waals surface area contributed by atoms with Crippen LogP contribution in [0, 0.1) is 10.1 Å². The number of non-ortho nitro benzene ring substituents is 1. The van der Waals surface area contributed by atoms with E-state index >= 15 is 0 Å². The Balaban J connectivity index is 0.00000450. The number of likely N-dealkylation sites (tertiary alicyclic amines) is 1. The Kier molecular flexibility index (Phi) is 11.5. The molecular weight excluding hydrogens is 523 g/mol. The Hall–Kier alpha value is -1.51. The number of hydrogen-bond donors (Lipinski definition) is 3. The molecule has 12 heteroatoms. The van der Waals surface area contributed by atoms with Crippen LogP contribution in [0.5, 0.6) is 0 Å². The molecule has 1 heterocycles. The molecule has 0 aliphatic carbocycles. The van der Waals surface area contributed by atoms with E-state index in [1.54, 1.807) is 7.05 Å². The molecule has 1 aromatic rings. The lowest BCUT2D eigenvalue weighted by Gasteiger charge is -2.32. The molecule has 0 atom stereocenters. The zero-order valence-corrected chi connectivity index (χ0v) is 20.5. The van der Waals surface area contributed by atoms with Crippen LogP contribution in [0.1, 0.15) is 26.2 Å². The number of halogens is 1. The van der Waals surface area contributed by atoms with Gasteiger partial charge in [-0.3, -0.25) is 15.1 Å². The van der Waals surface area contributed by atoms with Crippen molar-refractivity contribution in [3.8, 4) is 0 Å². The largest absolute Gasteiger partial charge is 0.355 e. The standard InChI is InChI=1S/C18H30N6O4S.HI/c1-3-11-23-12-7-15(8-13-23)22-18(19-2)20-9-10-21-29(27,28)17-6-4-5-16(14-17)24(25)26;/h4-6,14-15,21H,3,7-13H2,1-2H3,(H2,19,20,22);1H. The minimum absolute atomic E-state index is 0. The minimum Gasteiger partial charge on any atom is -0.355 e. The van der Waals surface area contributed by atoms with Crippen LogP contribution < -0.4 is 15.4 Å². The molecule has 0 amide bonds. The molecule has 0 radical (unpaired) electrons. The number of sulfonamides is 1. The maximum atomic E-state index is 12.3. The van der Waals surface area contributed by atoms with Crippen molar-refractivity contribution in [3.63, 3.8) is 0 Å². The number of hydrogen-bond acceptors (Lipinski definition) is 6. The molecule has 0 unspecified atom stereocenters. The van der Waals surface area contributed by atoms with Gasteiger partial charge in [0.15, 0.2) is 5.96 Å². The minimum atomic E-state index is -3.82. The number of aliphatic imine (C=N–C) groups is 1. The topological polar surface area (TPSA) is 129 Å². The van der Waals surface area contributed by atoms with Crippen LogP contribution in [0.3, 0.4) is 0 Å². The zero-order valence-electron chi connectivity index (χ0n) is 17.3. The quantitative estimate of drug-likeness (QED) is 0.106. The maximum absolute atomic E-state index is 12.3. The molecule has 1 aliphatic heterocycles. The van der Waals surface area contributed by atoms with Gasteiger partial charge in [0.05, 0.1) is 9.82 Å². The first-order chi connectivity index (χ1) is 13.9.